The molecule has 0 aliphatic heterocycles. The van der Waals surface area contributed by atoms with Crippen molar-refractivity contribution in [2.75, 3.05) is 19.8 Å². The van der Waals surface area contributed by atoms with Gasteiger partial charge in [0.1, 0.15) is 5.60 Å². The van der Waals surface area contributed by atoms with Crippen LogP contribution in [0.1, 0.15) is 43.9 Å². The number of likely N-dealkylation sites (N-methyl/N-ethyl adjacent to an activating group) is 1. The molecule has 2 rings (SSSR count). The van der Waals surface area contributed by atoms with Gasteiger partial charge in [0.25, 0.3) is 0 Å². The summed E-state index contributed by atoms with van der Waals surface area (Å²) in [6.45, 7) is 5.39. The second-order valence-corrected chi connectivity index (χ2v) is 11.3. The van der Waals surface area contributed by atoms with E-state index in [4.69, 9.17) is 27.9 Å². The van der Waals surface area contributed by atoms with Gasteiger partial charge in [-0.25, -0.2) is 13.2 Å². The Morgan fingerprint density at radius 1 is 1.10 bits per heavy atom. The molecule has 0 aliphatic rings. The molecule has 0 radical (unpaired) electrons. The lowest BCUT2D eigenvalue weighted by atomic mass is 9.88. The predicted octanol–water partition coefficient (Wildman–Crippen LogP) is 5.08. The Balaban J connectivity index is 2.44. The first kappa shape index (κ1) is 25.5. The molecule has 31 heavy (non-hydrogen) atoms. The highest BCUT2D eigenvalue weighted by Crippen LogP contribution is 2.35. The molecule has 0 fully saturated rings. The van der Waals surface area contributed by atoms with E-state index in [-0.39, 0.29) is 11.4 Å². The SMILES string of the molecule is CN(C[C@@H](c1ccc(Cl)c(Cl)c1)[C@@H](O)c1cccc(S(C)(=O)=O)c1)C(=O)OC(C)(C)C. The van der Waals surface area contributed by atoms with Crippen LogP contribution >= 0.6 is 23.2 Å². The lowest BCUT2D eigenvalue weighted by molar-refractivity contribution is 0.0250. The van der Waals surface area contributed by atoms with Crippen molar-refractivity contribution in [3.8, 4) is 0 Å². The molecule has 0 unspecified atom stereocenters. The minimum absolute atomic E-state index is 0.0944. The van der Waals surface area contributed by atoms with Gasteiger partial charge in [0.15, 0.2) is 9.84 Å². The minimum atomic E-state index is -3.45. The van der Waals surface area contributed by atoms with Gasteiger partial charge in [-0.3, -0.25) is 0 Å². The number of benzene rings is 2. The first-order valence-electron chi connectivity index (χ1n) is 9.56. The molecule has 0 spiro atoms. The van der Waals surface area contributed by atoms with Gasteiger partial charge in [0.05, 0.1) is 21.0 Å². The maximum absolute atomic E-state index is 12.5. The first-order valence-corrected chi connectivity index (χ1v) is 12.2. The third-order valence-electron chi connectivity index (χ3n) is 4.56. The number of carbonyl (C=O) groups is 1. The molecule has 2 aromatic rings. The maximum atomic E-state index is 12.5. The van der Waals surface area contributed by atoms with Crippen molar-refractivity contribution < 1.29 is 23.1 Å². The summed E-state index contributed by atoms with van der Waals surface area (Å²) in [5, 5.41) is 11.9. The summed E-state index contributed by atoms with van der Waals surface area (Å²) in [7, 11) is -1.88. The van der Waals surface area contributed by atoms with E-state index in [1.165, 1.54) is 17.0 Å². The van der Waals surface area contributed by atoms with E-state index in [1.807, 2.05) is 0 Å². The number of carbonyl (C=O) groups excluding carboxylic acids is 1. The largest absolute Gasteiger partial charge is 0.444 e. The number of aliphatic hydroxyl groups is 1. The van der Waals surface area contributed by atoms with Crippen LogP contribution in [-0.2, 0) is 14.6 Å². The van der Waals surface area contributed by atoms with E-state index in [9.17, 15) is 18.3 Å². The molecule has 0 bridgehead atoms. The summed E-state index contributed by atoms with van der Waals surface area (Å²) >= 11 is 12.2. The Bertz CT molecular complexity index is 1050. The number of hydrogen-bond acceptors (Lipinski definition) is 5. The Morgan fingerprint density at radius 2 is 1.74 bits per heavy atom. The van der Waals surface area contributed by atoms with Crippen molar-refractivity contribution >= 4 is 39.1 Å². The number of sulfone groups is 1. The monoisotopic (exact) mass is 487 g/mol. The third-order valence-corrected chi connectivity index (χ3v) is 6.41. The standard InChI is InChI=1S/C22H27Cl2NO5S/c1-22(2,3)30-21(27)25(4)13-17(14-9-10-18(23)19(24)12-14)20(26)15-7-6-8-16(11-15)31(5,28)29/h6-12,17,20,26H,13H2,1-5H3/t17-,20-/m0/s1. The summed E-state index contributed by atoms with van der Waals surface area (Å²) in [5.74, 6) is -0.623. The van der Waals surface area contributed by atoms with Crippen molar-refractivity contribution in [2.45, 2.75) is 43.3 Å². The molecule has 6 nitrogen and oxygen atoms in total. The first-order chi connectivity index (χ1) is 14.2. The molecule has 1 amide bonds. The predicted molar refractivity (Wildman–Crippen MR) is 123 cm³/mol. The van der Waals surface area contributed by atoms with Crippen LogP contribution < -0.4 is 0 Å². The number of amides is 1. The highest BCUT2D eigenvalue weighted by Gasteiger charge is 2.29. The molecule has 0 aromatic heterocycles. The average Bonchev–Trinajstić information content (AvgIpc) is 2.65. The lowest BCUT2D eigenvalue weighted by Crippen LogP contribution is -2.37. The summed E-state index contributed by atoms with van der Waals surface area (Å²) in [6, 6.07) is 11.0. The topological polar surface area (TPSA) is 83.9 Å². The number of hydrogen-bond donors (Lipinski definition) is 1. The molecule has 2 aromatic carbocycles. The normalized spacial score (nSPS) is 14.1. The number of nitrogens with zero attached hydrogens (tertiary/aromatic N) is 1. The average molecular weight is 488 g/mol. The van der Waals surface area contributed by atoms with Crippen LogP contribution in [0.3, 0.4) is 0 Å². The van der Waals surface area contributed by atoms with Crippen LogP contribution in [0.25, 0.3) is 0 Å². The number of ether oxygens (including phenoxy) is 1. The van der Waals surface area contributed by atoms with Crippen LogP contribution in [0.2, 0.25) is 10.0 Å². The Morgan fingerprint density at radius 3 is 2.29 bits per heavy atom. The highest BCUT2D eigenvalue weighted by molar-refractivity contribution is 7.90. The molecule has 9 heteroatoms. The van der Waals surface area contributed by atoms with Gasteiger partial charge in [-0.2, -0.15) is 0 Å². The van der Waals surface area contributed by atoms with Crippen molar-refractivity contribution in [2.24, 2.45) is 0 Å². The van der Waals surface area contributed by atoms with Gasteiger partial charge in [0.2, 0.25) is 0 Å². The molecule has 0 heterocycles. The van der Waals surface area contributed by atoms with Crippen LogP contribution in [0.15, 0.2) is 47.4 Å². The number of aliphatic hydroxyl groups excluding tert-OH is 1. The van der Waals surface area contributed by atoms with Gasteiger partial charge in [0, 0.05) is 25.8 Å². The zero-order valence-corrected chi connectivity index (χ0v) is 20.4. The molecule has 0 saturated carbocycles. The Hall–Kier alpha value is -1.80. The van der Waals surface area contributed by atoms with E-state index < -0.39 is 33.6 Å². The number of rotatable bonds is 6. The fourth-order valence-electron chi connectivity index (χ4n) is 3.00. The van der Waals surface area contributed by atoms with Crippen LogP contribution in [0.4, 0.5) is 4.79 Å². The van der Waals surface area contributed by atoms with Crippen LogP contribution in [0, 0.1) is 0 Å². The molecule has 170 valence electrons. The molecule has 2 atom stereocenters. The van der Waals surface area contributed by atoms with Crippen LogP contribution in [-0.4, -0.2) is 50.0 Å². The van der Waals surface area contributed by atoms with E-state index in [0.29, 0.717) is 21.2 Å². The van der Waals surface area contributed by atoms with Gasteiger partial charge >= 0.3 is 6.09 Å². The van der Waals surface area contributed by atoms with E-state index in [0.717, 1.165) is 6.26 Å². The van der Waals surface area contributed by atoms with E-state index >= 15 is 0 Å². The van der Waals surface area contributed by atoms with Gasteiger partial charge < -0.3 is 14.7 Å². The second-order valence-electron chi connectivity index (χ2n) is 8.43. The van der Waals surface area contributed by atoms with Gasteiger partial charge in [-0.05, 0) is 56.2 Å². The quantitative estimate of drug-likeness (QED) is 0.613. The van der Waals surface area contributed by atoms with Crippen LogP contribution in [0.5, 0.6) is 0 Å². The summed E-state index contributed by atoms with van der Waals surface area (Å²) in [4.78, 5) is 13.9. The fourth-order valence-corrected chi connectivity index (χ4v) is 3.98. The minimum Gasteiger partial charge on any atom is -0.444 e. The Kier molecular flexibility index (Phi) is 8.03. The summed E-state index contributed by atoms with van der Waals surface area (Å²) in [6.07, 6.45) is -0.566. The molecular formula is C22H27Cl2NO5S. The van der Waals surface area contributed by atoms with E-state index in [1.54, 1.807) is 58.2 Å². The van der Waals surface area contributed by atoms with Gasteiger partial charge in [-0.1, -0.05) is 41.4 Å². The second kappa shape index (κ2) is 9.77. The van der Waals surface area contributed by atoms with Crippen molar-refractivity contribution in [3.63, 3.8) is 0 Å². The van der Waals surface area contributed by atoms with E-state index in [2.05, 4.69) is 0 Å². The fraction of sp³-hybridized carbons (Fsp3) is 0.409. The lowest BCUT2D eigenvalue weighted by Gasteiger charge is -2.30. The third kappa shape index (κ3) is 7.10. The van der Waals surface area contributed by atoms with Crippen molar-refractivity contribution in [3.05, 3.63) is 63.6 Å². The van der Waals surface area contributed by atoms with Crippen molar-refractivity contribution in [1.29, 1.82) is 0 Å². The summed E-state index contributed by atoms with van der Waals surface area (Å²) in [5.41, 5.74) is 0.367. The zero-order valence-electron chi connectivity index (χ0n) is 18.1. The molecule has 1 N–H and O–H groups in total. The summed E-state index contributed by atoms with van der Waals surface area (Å²) < 4.78 is 29.3. The molecular weight excluding hydrogens is 461 g/mol. The smallest absolute Gasteiger partial charge is 0.410 e. The molecule has 0 saturated heterocycles. The highest BCUT2D eigenvalue weighted by atomic mass is 35.5. The van der Waals surface area contributed by atoms with Gasteiger partial charge in [-0.15, -0.1) is 0 Å². The zero-order chi connectivity index (χ0) is 23.6. The maximum Gasteiger partial charge on any atom is 0.410 e. The Labute approximate surface area is 193 Å². The molecule has 0 aliphatic carbocycles. The van der Waals surface area contributed by atoms with Crippen molar-refractivity contribution in [1.82, 2.24) is 4.90 Å². The number of halogens is 2.